The summed E-state index contributed by atoms with van der Waals surface area (Å²) in [5.74, 6) is 0.661. The molecule has 1 heterocycles. The number of hydrogen-bond donors (Lipinski definition) is 0. The molecule has 0 aliphatic heterocycles. The van der Waals surface area contributed by atoms with Crippen molar-refractivity contribution in [1.82, 2.24) is 4.57 Å². The van der Waals surface area contributed by atoms with Crippen molar-refractivity contribution in [2.45, 2.75) is 6.92 Å². The highest BCUT2D eigenvalue weighted by molar-refractivity contribution is 8.05. The SMILES string of the molecule is C=NC(=Nc1c(C)cc(-c2c(Cl)c(OC)cc(OC)c2Cl)c(=O)n1C)S(C)(=O)=O. The molecule has 2 aromatic rings. The molecule has 0 spiro atoms. The monoisotopic (exact) mass is 459 g/mol. The average Bonchev–Trinajstić information content (AvgIpc) is 2.65. The van der Waals surface area contributed by atoms with Gasteiger partial charge in [0.25, 0.3) is 5.56 Å². The number of sulfone groups is 1. The van der Waals surface area contributed by atoms with Crippen LogP contribution in [0.5, 0.6) is 11.5 Å². The average molecular weight is 460 g/mol. The van der Waals surface area contributed by atoms with Crippen LogP contribution in [-0.4, -0.2) is 45.3 Å². The second-order valence-electron chi connectivity index (χ2n) is 6.04. The molecule has 0 aliphatic rings. The summed E-state index contributed by atoms with van der Waals surface area (Å²) in [4.78, 5) is 20.5. The number of pyridine rings is 1. The van der Waals surface area contributed by atoms with Gasteiger partial charge in [0.2, 0.25) is 15.0 Å². The molecule has 156 valence electrons. The number of methoxy groups -OCH3 is 2. The number of hydrogen-bond acceptors (Lipinski definition) is 6. The van der Waals surface area contributed by atoms with Crippen LogP contribution in [0.2, 0.25) is 10.0 Å². The van der Waals surface area contributed by atoms with Gasteiger partial charge in [-0.05, 0) is 25.3 Å². The van der Waals surface area contributed by atoms with Crippen LogP contribution in [0.3, 0.4) is 0 Å². The minimum atomic E-state index is -3.72. The number of ether oxygens (including phenoxy) is 2. The number of aliphatic imine (C=N–C) groups is 2. The number of halogens is 2. The lowest BCUT2D eigenvalue weighted by molar-refractivity contribution is 0.395. The Morgan fingerprint density at radius 2 is 1.66 bits per heavy atom. The predicted octanol–water partition coefficient (Wildman–Crippen LogP) is 3.42. The first kappa shape index (κ1) is 22.9. The van der Waals surface area contributed by atoms with Crippen molar-refractivity contribution in [3.8, 4) is 22.6 Å². The van der Waals surface area contributed by atoms with E-state index in [0.717, 1.165) is 6.26 Å². The second kappa shape index (κ2) is 8.56. The van der Waals surface area contributed by atoms with Crippen LogP contribution >= 0.6 is 23.2 Å². The van der Waals surface area contributed by atoms with E-state index >= 15 is 0 Å². The van der Waals surface area contributed by atoms with Gasteiger partial charge in [-0.25, -0.2) is 18.4 Å². The van der Waals surface area contributed by atoms with Crippen LogP contribution in [0.1, 0.15) is 5.56 Å². The molecule has 0 atom stereocenters. The van der Waals surface area contributed by atoms with E-state index in [2.05, 4.69) is 16.7 Å². The summed E-state index contributed by atoms with van der Waals surface area (Å²) in [7, 11) is 0.571. The zero-order valence-electron chi connectivity index (χ0n) is 16.4. The van der Waals surface area contributed by atoms with Crippen molar-refractivity contribution >= 4 is 50.7 Å². The smallest absolute Gasteiger partial charge is 0.259 e. The van der Waals surface area contributed by atoms with Crippen molar-refractivity contribution in [3.63, 3.8) is 0 Å². The molecule has 29 heavy (non-hydrogen) atoms. The molecule has 0 N–H and O–H groups in total. The Hall–Kier alpha value is -2.36. The first-order valence-electron chi connectivity index (χ1n) is 8.04. The molecule has 0 fully saturated rings. The topological polar surface area (TPSA) is 99.3 Å². The summed E-state index contributed by atoms with van der Waals surface area (Å²) in [6.45, 7) is 4.88. The van der Waals surface area contributed by atoms with Gasteiger partial charge >= 0.3 is 0 Å². The van der Waals surface area contributed by atoms with Crippen molar-refractivity contribution in [2.75, 3.05) is 20.5 Å². The second-order valence-corrected chi connectivity index (χ2v) is 8.70. The van der Waals surface area contributed by atoms with Gasteiger partial charge in [0.1, 0.15) is 17.3 Å². The van der Waals surface area contributed by atoms with E-state index in [1.807, 2.05) is 0 Å². The molecular formula is C18H19Cl2N3O5S. The zero-order chi connectivity index (χ0) is 22.1. The molecule has 0 amide bonds. The lowest BCUT2D eigenvalue weighted by Crippen LogP contribution is -2.21. The third-order valence-electron chi connectivity index (χ3n) is 4.08. The fourth-order valence-electron chi connectivity index (χ4n) is 2.67. The van der Waals surface area contributed by atoms with Crippen LogP contribution in [-0.2, 0) is 16.9 Å². The Morgan fingerprint density at radius 1 is 1.14 bits per heavy atom. The first-order chi connectivity index (χ1) is 13.5. The van der Waals surface area contributed by atoms with Crippen molar-refractivity contribution in [3.05, 3.63) is 38.1 Å². The number of aromatic nitrogens is 1. The fraction of sp³-hybridized carbons (Fsp3) is 0.278. The van der Waals surface area contributed by atoms with E-state index in [1.165, 1.54) is 38.0 Å². The summed E-state index contributed by atoms with van der Waals surface area (Å²) < 4.78 is 35.2. The molecule has 1 aromatic carbocycles. The molecule has 1 aromatic heterocycles. The van der Waals surface area contributed by atoms with Gasteiger partial charge in [0.05, 0.1) is 29.8 Å². The number of amidine groups is 1. The lowest BCUT2D eigenvalue weighted by atomic mass is 10.0. The standard InChI is InChI=1S/C18H19Cl2N3O5S/c1-9-7-10(13-14(19)11(27-4)8-12(28-5)15(13)20)17(24)23(3)16(9)22-18(21-2)29(6,25)26/h7-8H,2H2,1,3-6H3. The zero-order valence-corrected chi connectivity index (χ0v) is 18.7. The van der Waals surface area contributed by atoms with Gasteiger partial charge in [-0.1, -0.05) is 23.2 Å². The summed E-state index contributed by atoms with van der Waals surface area (Å²) >= 11 is 12.8. The van der Waals surface area contributed by atoms with Gasteiger partial charge in [-0.2, -0.15) is 0 Å². The molecule has 0 saturated carbocycles. The Kier molecular flexibility index (Phi) is 6.77. The van der Waals surface area contributed by atoms with Gasteiger partial charge in [0.15, 0.2) is 0 Å². The molecule has 2 rings (SSSR count). The number of rotatable bonds is 4. The third kappa shape index (κ3) is 4.31. The van der Waals surface area contributed by atoms with Crippen LogP contribution in [0.25, 0.3) is 11.1 Å². The molecule has 0 radical (unpaired) electrons. The highest BCUT2D eigenvalue weighted by Crippen LogP contribution is 2.45. The van der Waals surface area contributed by atoms with Crippen molar-refractivity contribution < 1.29 is 17.9 Å². The predicted molar refractivity (Wildman–Crippen MR) is 116 cm³/mol. The van der Waals surface area contributed by atoms with E-state index in [1.54, 1.807) is 6.92 Å². The van der Waals surface area contributed by atoms with Gasteiger partial charge in [-0.3, -0.25) is 9.36 Å². The van der Waals surface area contributed by atoms with Crippen LogP contribution in [0.4, 0.5) is 5.82 Å². The van der Waals surface area contributed by atoms with Crippen LogP contribution in [0, 0.1) is 6.92 Å². The van der Waals surface area contributed by atoms with Crippen LogP contribution in [0.15, 0.2) is 26.9 Å². The minimum Gasteiger partial charge on any atom is -0.495 e. The highest BCUT2D eigenvalue weighted by Gasteiger charge is 2.23. The Labute approximate surface area is 178 Å². The van der Waals surface area contributed by atoms with Gasteiger partial charge < -0.3 is 9.47 Å². The summed E-state index contributed by atoms with van der Waals surface area (Å²) in [5, 5.41) is -0.228. The van der Waals surface area contributed by atoms with Crippen molar-refractivity contribution in [1.29, 1.82) is 0 Å². The van der Waals surface area contributed by atoms with E-state index < -0.39 is 20.6 Å². The fourth-order valence-corrected chi connectivity index (χ4v) is 3.87. The maximum Gasteiger partial charge on any atom is 0.259 e. The van der Waals surface area contributed by atoms with Gasteiger partial charge in [0, 0.05) is 24.9 Å². The van der Waals surface area contributed by atoms with Crippen molar-refractivity contribution in [2.24, 2.45) is 17.0 Å². The Bertz CT molecular complexity index is 1160. The molecular weight excluding hydrogens is 441 g/mol. The minimum absolute atomic E-state index is 0.105. The molecule has 0 bridgehead atoms. The molecule has 8 nitrogen and oxygen atoms in total. The highest BCUT2D eigenvalue weighted by atomic mass is 35.5. The van der Waals surface area contributed by atoms with Gasteiger partial charge in [-0.15, -0.1) is 0 Å². The Balaban J connectivity index is 2.89. The normalized spacial score (nSPS) is 12.0. The first-order valence-corrected chi connectivity index (χ1v) is 10.7. The quantitative estimate of drug-likeness (QED) is 0.514. The largest absolute Gasteiger partial charge is 0.495 e. The van der Waals surface area contributed by atoms with E-state index in [9.17, 15) is 13.2 Å². The summed E-state index contributed by atoms with van der Waals surface area (Å²) in [6, 6.07) is 3.02. The molecule has 0 saturated heterocycles. The van der Waals surface area contributed by atoms with E-state index in [4.69, 9.17) is 32.7 Å². The van der Waals surface area contributed by atoms with E-state index in [0.29, 0.717) is 5.56 Å². The Morgan fingerprint density at radius 3 is 2.07 bits per heavy atom. The lowest BCUT2D eigenvalue weighted by Gasteiger charge is -2.16. The van der Waals surface area contributed by atoms with Crippen LogP contribution < -0.4 is 15.0 Å². The molecule has 0 aliphatic carbocycles. The maximum atomic E-state index is 13.1. The van der Waals surface area contributed by atoms with E-state index in [-0.39, 0.29) is 38.5 Å². The number of nitrogens with zero attached hydrogens (tertiary/aromatic N) is 3. The summed E-state index contributed by atoms with van der Waals surface area (Å²) in [6.07, 6.45) is 0.949. The molecule has 0 unspecified atom stereocenters. The third-order valence-corrected chi connectivity index (χ3v) is 5.71. The number of aryl methyl sites for hydroxylation is 1. The maximum absolute atomic E-state index is 13.1. The number of benzene rings is 1. The molecule has 11 heteroatoms. The summed E-state index contributed by atoms with van der Waals surface area (Å²) in [5.41, 5.74) is 0.378.